The Morgan fingerprint density at radius 3 is 2.67 bits per heavy atom. The predicted molar refractivity (Wildman–Crippen MR) is 95.0 cm³/mol. The molecular formula is C18H18N2O3S. The lowest BCUT2D eigenvalue weighted by molar-refractivity contribution is 0.103. The van der Waals surface area contributed by atoms with Crippen LogP contribution >= 0.6 is 11.3 Å². The van der Waals surface area contributed by atoms with Gasteiger partial charge in [0.15, 0.2) is 0 Å². The number of rotatable bonds is 4. The van der Waals surface area contributed by atoms with E-state index in [1.54, 1.807) is 7.11 Å². The SMILES string of the molecule is COc1ccc(C)cc1NC(=O)c1ccc(-c2c(C)noc2C)s1. The van der Waals surface area contributed by atoms with E-state index in [0.717, 1.165) is 27.5 Å². The van der Waals surface area contributed by atoms with E-state index in [9.17, 15) is 4.79 Å². The zero-order valence-corrected chi connectivity index (χ0v) is 14.8. The Labute approximate surface area is 144 Å². The van der Waals surface area contributed by atoms with E-state index in [1.165, 1.54) is 11.3 Å². The molecule has 3 aromatic rings. The summed E-state index contributed by atoms with van der Waals surface area (Å²) >= 11 is 1.41. The van der Waals surface area contributed by atoms with Gasteiger partial charge in [0, 0.05) is 4.88 Å². The first-order valence-electron chi connectivity index (χ1n) is 7.48. The zero-order chi connectivity index (χ0) is 17.3. The first-order valence-corrected chi connectivity index (χ1v) is 8.30. The topological polar surface area (TPSA) is 64.4 Å². The van der Waals surface area contributed by atoms with E-state index in [-0.39, 0.29) is 5.91 Å². The fourth-order valence-corrected chi connectivity index (χ4v) is 3.58. The maximum Gasteiger partial charge on any atom is 0.265 e. The molecule has 0 spiro atoms. The summed E-state index contributed by atoms with van der Waals surface area (Å²) in [6.07, 6.45) is 0. The van der Waals surface area contributed by atoms with Gasteiger partial charge in [-0.25, -0.2) is 0 Å². The number of nitrogens with zero attached hydrogens (tertiary/aromatic N) is 1. The molecule has 1 aromatic carbocycles. The summed E-state index contributed by atoms with van der Waals surface area (Å²) in [4.78, 5) is 14.1. The van der Waals surface area contributed by atoms with E-state index in [1.807, 2.05) is 51.1 Å². The van der Waals surface area contributed by atoms with Crippen LogP contribution in [0, 0.1) is 20.8 Å². The number of carbonyl (C=O) groups is 1. The Morgan fingerprint density at radius 1 is 1.21 bits per heavy atom. The number of methoxy groups -OCH3 is 1. The molecule has 1 amide bonds. The van der Waals surface area contributed by atoms with Crippen molar-refractivity contribution in [2.24, 2.45) is 0 Å². The Balaban J connectivity index is 1.86. The molecule has 0 saturated heterocycles. The largest absolute Gasteiger partial charge is 0.495 e. The molecule has 24 heavy (non-hydrogen) atoms. The molecule has 2 aromatic heterocycles. The van der Waals surface area contributed by atoms with Gasteiger partial charge in [0.2, 0.25) is 0 Å². The molecule has 3 rings (SSSR count). The van der Waals surface area contributed by atoms with Crippen LogP contribution in [0.5, 0.6) is 5.75 Å². The van der Waals surface area contributed by atoms with Gasteiger partial charge >= 0.3 is 0 Å². The van der Waals surface area contributed by atoms with Crippen molar-refractivity contribution in [3.8, 4) is 16.2 Å². The van der Waals surface area contributed by atoms with Crippen LogP contribution < -0.4 is 10.1 Å². The van der Waals surface area contributed by atoms with Crippen LogP contribution in [0.4, 0.5) is 5.69 Å². The molecular weight excluding hydrogens is 324 g/mol. The molecule has 1 N–H and O–H groups in total. The van der Waals surface area contributed by atoms with Crippen molar-refractivity contribution in [2.75, 3.05) is 12.4 Å². The molecule has 0 bridgehead atoms. The summed E-state index contributed by atoms with van der Waals surface area (Å²) < 4.78 is 10.5. The van der Waals surface area contributed by atoms with Crippen molar-refractivity contribution in [3.63, 3.8) is 0 Å². The van der Waals surface area contributed by atoms with Crippen LogP contribution in [0.25, 0.3) is 10.4 Å². The van der Waals surface area contributed by atoms with Gasteiger partial charge in [0.05, 0.1) is 28.9 Å². The molecule has 6 heteroatoms. The number of hydrogen-bond donors (Lipinski definition) is 1. The van der Waals surface area contributed by atoms with Gasteiger partial charge < -0.3 is 14.6 Å². The Kier molecular flexibility index (Phi) is 4.40. The van der Waals surface area contributed by atoms with E-state index >= 15 is 0 Å². The third-order valence-corrected chi connectivity index (χ3v) is 4.81. The highest BCUT2D eigenvalue weighted by molar-refractivity contribution is 7.17. The predicted octanol–water partition coefficient (Wildman–Crippen LogP) is 4.59. The second-order valence-electron chi connectivity index (χ2n) is 5.52. The number of ether oxygens (including phenoxy) is 1. The van der Waals surface area contributed by atoms with E-state index < -0.39 is 0 Å². The molecule has 0 aliphatic carbocycles. The number of aromatic nitrogens is 1. The highest BCUT2D eigenvalue weighted by Gasteiger charge is 2.17. The molecule has 0 fully saturated rings. The number of nitrogens with one attached hydrogen (secondary N) is 1. The monoisotopic (exact) mass is 342 g/mol. The van der Waals surface area contributed by atoms with Crippen LogP contribution in [0.2, 0.25) is 0 Å². The first-order chi connectivity index (χ1) is 11.5. The van der Waals surface area contributed by atoms with Gasteiger partial charge in [-0.05, 0) is 50.6 Å². The van der Waals surface area contributed by atoms with Gasteiger partial charge in [-0.2, -0.15) is 0 Å². The standard InChI is InChI=1S/C18H18N2O3S/c1-10-5-6-14(22-4)13(9-10)19-18(21)16-8-7-15(24-16)17-11(2)20-23-12(17)3/h5-9H,1-4H3,(H,19,21). The molecule has 5 nitrogen and oxygen atoms in total. The van der Waals surface area contributed by atoms with Crippen molar-refractivity contribution >= 4 is 22.9 Å². The lowest BCUT2D eigenvalue weighted by atomic mass is 10.2. The molecule has 0 saturated carbocycles. The number of thiophene rings is 1. The van der Waals surface area contributed by atoms with Crippen molar-refractivity contribution in [3.05, 3.63) is 52.2 Å². The average molecular weight is 342 g/mol. The average Bonchev–Trinajstić information content (AvgIpc) is 3.14. The van der Waals surface area contributed by atoms with Gasteiger partial charge in [-0.1, -0.05) is 11.2 Å². The minimum atomic E-state index is -0.165. The molecule has 0 radical (unpaired) electrons. The van der Waals surface area contributed by atoms with Gasteiger partial charge in [-0.15, -0.1) is 11.3 Å². The zero-order valence-electron chi connectivity index (χ0n) is 14.0. The number of anilines is 1. The molecule has 0 atom stereocenters. The van der Waals surface area contributed by atoms with Crippen LogP contribution in [0.15, 0.2) is 34.9 Å². The molecule has 124 valence electrons. The third-order valence-electron chi connectivity index (χ3n) is 3.71. The second-order valence-corrected chi connectivity index (χ2v) is 6.60. The van der Waals surface area contributed by atoms with Gasteiger partial charge in [0.25, 0.3) is 5.91 Å². The van der Waals surface area contributed by atoms with Crippen molar-refractivity contribution in [2.45, 2.75) is 20.8 Å². The van der Waals surface area contributed by atoms with Crippen molar-refractivity contribution < 1.29 is 14.1 Å². The maximum atomic E-state index is 12.6. The van der Waals surface area contributed by atoms with Crippen molar-refractivity contribution in [1.29, 1.82) is 0 Å². The Morgan fingerprint density at radius 2 is 2.00 bits per heavy atom. The van der Waals surface area contributed by atoms with Crippen LogP contribution in [-0.4, -0.2) is 18.2 Å². The second kappa shape index (κ2) is 6.49. The Bertz CT molecular complexity index is 876. The highest BCUT2D eigenvalue weighted by Crippen LogP contribution is 2.34. The van der Waals surface area contributed by atoms with Crippen LogP contribution in [0.1, 0.15) is 26.7 Å². The lowest BCUT2D eigenvalue weighted by Gasteiger charge is -2.10. The first kappa shape index (κ1) is 16.3. The maximum absolute atomic E-state index is 12.6. The third kappa shape index (κ3) is 3.05. The summed E-state index contributed by atoms with van der Waals surface area (Å²) in [6, 6.07) is 9.40. The Hall–Kier alpha value is -2.60. The van der Waals surface area contributed by atoms with Gasteiger partial charge in [-0.3, -0.25) is 4.79 Å². The van der Waals surface area contributed by atoms with E-state index in [4.69, 9.17) is 9.26 Å². The highest BCUT2D eigenvalue weighted by atomic mass is 32.1. The summed E-state index contributed by atoms with van der Waals surface area (Å²) in [5.41, 5.74) is 3.48. The molecule has 0 aliphatic rings. The molecule has 0 unspecified atom stereocenters. The molecule has 2 heterocycles. The summed E-state index contributed by atoms with van der Waals surface area (Å²) in [7, 11) is 1.58. The fourth-order valence-electron chi connectivity index (χ4n) is 2.53. The number of benzene rings is 1. The summed E-state index contributed by atoms with van der Waals surface area (Å²) in [6.45, 7) is 5.73. The lowest BCUT2D eigenvalue weighted by Crippen LogP contribution is -2.11. The van der Waals surface area contributed by atoms with Crippen molar-refractivity contribution in [1.82, 2.24) is 5.16 Å². The summed E-state index contributed by atoms with van der Waals surface area (Å²) in [5, 5.41) is 6.88. The van der Waals surface area contributed by atoms with Crippen LogP contribution in [0.3, 0.4) is 0 Å². The summed E-state index contributed by atoms with van der Waals surface area (Å²) in [5.74, 6) is 1.22. The molecule has 0 aliphatic heterocycles. The van der Waals surface area contributed by atoms with E-state index in [2.05, 4.69) is 10.5 Å². The number of aryl methyl sites for hydroxylation is 3. The van der Waals surface area contributed by atoms with Crippen LogP contribution in [-0.2, 0) is 0 Å². The van der Waals surface area contributed by atoms with E-state index in [0.29, 0.717) is 16.3 Å². The fraction of sp³-hybridized carbons (Fsp3) is 0.222. The number of hydrogen-bond acceptors (Lipinski definition) is 5. The normalized spacial score (nSPS) is 10.7. The quantitative estimate of drug-likeness (QED) is 0.753. The minimum Gasteiger partial charge on any atom is -0.495 e. The number of amides is 1. The minimum absolute atomic E-state index is 0.165. The number of carbonyl (C=O) groups excluding carboxylic acids is 1. The smallest absolute Gasteiger partial charge is 0.265 e. The van der Waals surface area contributed by atoms with Gasteiger partial charge in [0.1, 0.15) is 11.5 Å².